The van der Waals surface area contributed by atoms with E-state index in [9.17, 15) is 9.59 Å². The molecule has 0 aromatic carbocycles. The van der Waals surface area contributed by atoms with Gasteiger partial charge in [0.15, 0.2) is 0 Å². The average molecular weight is 461 g/mol. The number of ether oxygens (including phenoxy) is 2. The van der Waals surface area contributed by atoms with E-state index in [4.69, 9.17) is 18.3 Å². The average Bonchev–Trinajstić information content (AvgIpc) is 3.23. The highest BCUT2D eigenvalue weighted by Gasteiger charge is 2.34. The molecule has 33 heavy (non-hydrogen) atoms. The normalized spacial score (nSPS) is 13.6. The summed E-state index contributed by atoms with van der Waals surface area (Å²) in [7, 11) is 0. The number of rotatable bonds is 12. The molecule has 0 N–H and O–H groups in total. The SMILES string of the molecule is CC(=O)OC(C)CCCc1cc(C)c(C(C)(C)c2oc(CCCC(C)OC(C)=O)cc2C)o1. The summed E-state index contributed by atoms with van der Waals surface area (Å²) >= 11 is 0. The van der Waals surface area contributed by atoms with Crippen LogP contribution in [0.3, 0.4) is 0 Å². The Hall–Kier alpha value is -2.50. The molecule has 2 rings (SSSR count). The Bertz CT molecular complexity index is 858. The molecule has 0 saturated heterocycles. The third-order valence-electron chi connectivity index (χ3n) is 5.87. The van der Waals surface area contributed by atoms with Gasteiger partial charge < -0.3 is 18.3 Å². The molecular weight excluding hydrogens is 420 g/mol. The maximum Gasteiger partial charge on any atom is 0.302 e. The maximum atomic E-state index is 11.1. The van der Waals surface area contributed by atoms with Gasteiger partial charge in [-0.1, -0.05) is 0 Å². The van der Waals surface area contributed by atoms with Crippen LogP contribution in [-0.2, 0) is 37.3 Å². The van der Waals surface area contributed by atoms with E-state index < -0.39 is 5.41 Å². The molecular formula is C27H40O6. The van der Waals surface area contributed by atoms with Crippen LogP contribution in [0.4, 0.5) is 0 Å². The first-order valence-corrected chi connectivity index (χ1v) is 11.9. The van der Waals surface area contributed by atoms with Gasteiger partial charge in [0.05, 0.1) is 17.6 Å². The summed E-state index contributed by atoms with van der Waals surface area (Å²) in [5.74, 6) is 3.22. The molecule has 2 heterocycles. The highest BCUT2D eigenvalue weighted by Crippen LogP contribution is 2.38. The van der Waals surface area contributed by atoms with Crippen molar-refractivity contribution in [3.8, 4) is 0 Å². The Morgan fingerprint density at radius 1 is 0.818 bits per heavy atom. The zero-order chi connectivity index (χ0) is 24.8. The van der Waals surface area contributed by atoms with Crippen molar-refractivity contribution in [2.75, 3.05) is 0 Å². The molecule has 6 nitrogen and oxygen atoms in total. The quantitative estimate of drug-likeness (QED) is 0.343. The second kappa shape index (κ2) is 11.6. The van der Waals surface area contributed by atoms with Gasteiger partial charge in [-0.15, -0.1) is 0 Å². The van der Waals surface area contributed by atoms with Gasteiger partial charge in [-0.25, -0.2) is 0 Å². The molecule has 0 spiro atoms. The number of furan rings is 2. The third kappa shape index (κ3) is 7.79. The van der Waals surface area contributed by atoms with E-state index in [0.29, 0.717) is 0 Å². The first-order chi connectivity index (χ1) is 15.4. The minimum absolute atomic E-state index is 0.0873. The van der Waals surface area contributed by atoms with Crippen LogP contribution in [-0.4, -0.2) is 24.1 Å². The Morgan fingerprint density at radius 3 is 1.52 bits per heavy atom. The minimum atomic E-state index is -0.402. The fourth-order valence-corrected chi connectivity index (χ4v) is 4.50. The molecule has 2 unspecified atom stereocenters. The van der Waals surface area contributed by atoms with E-state index in [-0.39, 0.29) is 24.1 Å². The molecule has 0 bridgehead atoms. The smallest absolute Gasteiger partial charge is 0.302 e. The Kier molecular flexibility index (Phi) is 9.38. The fraction of sp³-hybridized carbons (Fsp3) is 0.630. The number of hydrogen-bond donors (Lipinski definition) is 0. The van der Waals surface area contributed by atoms with Crippen molar-refractivity contribution in [3.05, 3.63) is 46.3 Å². The van der Waals surface area contributed by atoms with Crippen LogP contribution in [0.1, 0.15) is 101 Å². The van der Waals surface area contributed by atoms with E-state index in [0.717, 1.165) is 72.7 Å². The predicted octanol–water partition coefficient (Wildman–Crippen LogP) is 6.36. The molecule has 0 saturated carbocycles. The highest BCUT2D eigenvalue weighted by atomic mass is 16.5. The van der Waals surface area contributed by atoms with Gasteiger partial charge in [-0.3, -0.25) is 9.59 Å². The number of hydrogen-bond acceptors (Lipinski definition) is 6. The van der Waals surface area contributed by atoms with Crippen LogP contribution in [0.25, 0.3) is 0 Å². The highest BCUT2D eigenvalue weighted by molar-refractivity contribution is 5.66. The fourth-order valence-electron chi connectivity index (χ4n) is 4.50. The van der Waals surface area contributed by atoms with Crippen molar-refractivity contribution in [2.24, 2.45) is 0 Å². The van der Waals surface area contributed by atoms with Gasteiger partial charge in [0, 0.05) is 26.7 Å². The molecule has 0 radical (unpaired) electrons. The van der Waals surface area contributed by atoms with E-state index in [2.05, 4.69) is 39.8 Å². The second-order valence-electron chi connectivity index (χ2n) is 9.70. The van der Waals surface area contributed by atoms with Crippen LogP contribution < -0.4 is 0 Å². The Morgan fingerprint density at radius 2 is 1.18 bits per heavy atom. The van der Waals surface area contributed by atoms with Gasteiger partial charge in [-0.2, -0.15) is 0 Å². The number of carbonyl (C=O) groups is 2. The van der Waals surface area contributed by atoms with Crippen LogP contribution in [0.15, 0.2) is 21.0 Å². The summed E-state index contributed by atoms with van der Waals surface area (Å²) in [5, 5.41) is 0. The summed E-state index contributed by atoms with van der Waals surface area (Å²) in [6.07, 6.45) is 4.79. The zero-order valence-corrected chi connectivity index (χ0v) is 21.5. The standard InChI is InChI=1S/C27H40O6/c1-17-15-23(13-9-11-19(3)30-21(5)28)32-25(17)27(7,8)26-18(2)16-24(33-26)14-10-12-20(4)31-22(6)29/h15-16,19-20H,9-14H2,1-8H3. The molecule has 0 aliphatic carbocycles. The summed E-state index contributed by atoms with van der Waals surface area (Å²) in [6.45, 7) is 15.1. The number of carbonyl (C=O) groups excluding carboxylic acids is 2. The largest absolute Gasteiger partial charge is 0.465 e. The first-order valence-electron chi connectivity index (χ1n) is 11.9. The lowest BCUT2D eigenvalue weighted by atomic mass is 9.84. The third-order valence-corrected chi connectivity index (χ3v) is 5.87. The van der Waals surface area contributed by atoms with Gasteiger partial charge in [0.25, 0.3) is 0 Å². The molecule has 2 aromatic heterocycles. The molecule has 184 valence electrons. The molecule has 0 aliphatic rings. The Balaban J connectivity index is 2.02. The maximum absolute atomic E-state index is 11.1. The molecule has 2 aromatic rings. The van der Waals surface area contributed by atoms with Crippen molar-refractivity contribution in [1.29, 1.82) is 0 Å². The van der Waals surface area contributed by atoms with Crippen molar-refractivity contribution in [2.45, 2.75) is 112 Å². The van der Waals surface area contributed by atoms with Crippen LogP contribution in [0.2, 0.25) is 0 Å². The Labute approximate surface area is 198 Å². The topological polar surface area (TPSA) is 78.9 Å². The van der Waals surface area contributed by atoms with Crippen LogP contribution >= 0.6 is 0 Å². The van der Waals surface area contributed by atoms with E-state index in [1.54, 1.807) is 0 Å². The lowest BCUT2D eigenvalue weighted by Gasteiger charge is -2.22. The number of esters is 2. The summed E-state index contributed by atoms with van der Waals surface area (Å²) < 4.78 is 23.0. The predicted molar refractivity (Wildman–Crippen MR) is 127 cm³/mol. The van der Waals surface area contributed by atoms with E-state index in [1.807, 2.05) is 13.8 Å². The summed E-state index contributed by atoms with van der Waals surface area (Å²) in [4.78, 5) is 22.1. The first kappa shape index (κ1) is 26.7. The summed E-state index contributed by atoms with van der Waals surface area (Å²) in [5.41, 5.74) is 1.81. The molecule has 0 aliphatic heterocycles. The van der Waals surface area contributed by atoms with E-state index in [1.165, 1.54) is 13.8 Å². The second-order valence-corrected chi connectivity index (χ2v) is 9.70. The molecule has 0 fully saturated rings. The van der Waals surface area contributed by atoms with Gasteiger partial charge in [0.2, 0.25) is 0 Å². The van der Waals surface area contributed by atoms with Crippen molar-refractivity contribution in [3.63, 3.8) is 0 Å². The molecule has 6 heteroatoms. The minimum Gasteiger partial charge on any atom is -0.465 e. The van der Waals surface area contributed by atoms with Crippen molar-refractivity contribution >= 4 is 11.9 Å². The van der Waals surface area contributed by atoms with Gasteiger partial charge in [-0.05, 0) is 90.5 Å². The van der Waals surface area contributed by atoms with Gasteiger partial charge in [0.1, 0.15) is 23.0 Å². The van der Waals surface area contributed by atoms with Crippen LogP contribution in [0.5, 0.6) is 0 Å². The van der Waals surface area contributed by atoms with Gasteiger partial charge >= 0.3 is 11.9 Å². The van der Waals surface area contributed by atoms with Crippen molar-refractivity contribution in [1.82, 2.24) is 0 Å². The molecule has 2 atom stereocenters. The lowest BCUT2D eigenvalue weighted by Crippen LogP contribution is -2.19. The van der Waals surface area contributed by atoms with Crippen molar-refractivity contribution < 1.29 is 27.9 Å². The molecule has 0 amide bonds. The monoisotopic (exact) mass is 460 g/mol. The number of aryl methyl sites for hydroxylation is 4. The lowest BCUT2D eigenvalue weighted by molar-refractivity contribution is -0.146. The zero-order valence-electron chi connectivity index (χ0n) is 21.5. The van der Waals surface area contributed by atoms with E-state index >= 15 is 0 Å². The van der Waals surface area contributed by atoms with Crippen LogP contribution in [0, 0.1) is 13.8 Å². The summed E-state index contributed by atoms with van der Waals surface area (Å²) in [6, 6.07) is 4.20.